The van der Waals surface area contributed by atoms with Crippen LogP contribution in [-0.4, -0.2) is 17.8 Å². The van der Waals surface area contributed by atoms with Crippen LogP contribution >= 0.6 is 11.5 Å². The van der Waals surface area contributed by atoms with Crippen LogP contribution in [0, 0.1) is 0 Å². The van der Waals surface area contributed by atoms with Crippen molar-refractivity contribution in [1.29, 1.82) is 0 Å². The van der Waals surface area contributed by atoms with E-state index in [-0.39, 0.29) is 0 Å². The predicted octanol–water partition coefficient (Wildman–Crippen LogP) is 2.54. The molecule has 0 radical (unpaired) electrons. The molecule has 0 unspecified atom stereocenters. The Bertz CT molecular complexity index is 493. The molecule has 0 N–H and O–H groups in total. The van der Waals surface area contributed by atoms with Crippen LogP contribution in [0.1, 0.15) is 15.2 Å². The summed E-state index contributed by atoms with van der Waals surface area (Å²) in [5.74, 6) is 1.29. The molecule has 0 bridgehead atoms. The van der Waals surface area contributed by atoms with Gasteiger partial charge in [-0.2, -0.15) is 4.37 Å². The van der Waals surface area contributed by atoms with Gasteiger partial charge in [0.05, 0.1) is 12.0 Å². The molecule has 0 amide bonds. The number of aromatic nitrogens is 1. The molecule has 88 valence electrons. The average molecular weight is 249 g/mol. The molecular formula is C12H11NO3S. The lowest BCUT2D eigenvalue weighted by atomic mass is 10.2. The molecule has 2 rings (SSSR count). The van der Waals surface area contributed by atoms with E-state index in [0.717, 1.165) is 29.1 Å². The van der Waals surface area contributed by atoms with Crippen LogP contribution in [0.15, 0.2) is 30.3 Å². The molecule has 0 fully saturated rings. The summed E-state index contributed by atoms with van der Waals surface area (Å²) >= 11 is 1.13. The maximum atomic E-state index is 10.5. The van der Waals surface area contributed by atoms with E-state index < -0.39 is 0 Å². The lowest BCUT2D eigenvalue weighted by Crippen LogP contribution is -1.95. The van der Waals surface area contributed by atoms with Crippen LogP contribution in [0.25, 0.3) is 0 Å². The molecule has 0 atom stereocenters. The summed E-state index contributed by atoms with van der Waals surface area (Å²) in [6, 6.07) is 9.21. The minimum atomic E-state index is 0.423. The molecule has 0 aliphatic rings. The number of ether oxygens (including phenoxy) is 2. The number of carbonyl (C=O) groups excluding carboxylic acids is 1. The Morgan fingerprint density at radius 1 is 1.35 bits per heavy atom. The number of hydrogen-bond acceptors (Lipinski definition) is 5. The van der Waals surface area contributed by atoms with Gasteiger partial charge in [0.25, 0.3) is 0 Å². The predicted molar refractivity (Wildman–Crippen MR) is 64.8 cm³/mol. The molecule has 4 nitrogen and oxygen atoms in total. The Balaban J connectivity index is 1.94. The molecule has 5 heteroatoms. The van der Waals surface area contributed by atoms with E-state index >= 15 is 0 Å². The van der Waals surface area contributed by atoms with Crippen LogP contribution in [0.4, 0.5) is 0 Å². The number of hydrogen-bond donors (Lipinski definition) is 0. The maximum absolute atomic E-state index is 10.5. The summed E-state index contributed by atoms with van der Waals surface area (Å²) in [7, 11) is 1.63. The van der Waals surface area contributed by atoms with E-state index in [2.05, 4.69) is 4.37 Å². The number of benzene rings is 1. The highest BCUT2D eigenvalue weighted by atomic mass is 32.1. The highest BCUT2D eigenvalue weighted by molar-refractivity contribution is 7.07. The van der Waals surface area contributed by atoms with E-state index in [1.165, 1.54) is 0 Å². The molecule has 0 aliphatic carbocycles. The van der Waals surface area contributed by atoms with Crippen molar-refractivity contribution < 1.29 is 14.3 Å². The van der Waals surface area contributed by atoms with Gasteiger partial charge in [-0.05, 0) is 29.2 Å². The zero-order chi connectivity index (χ0) is 12.1. The summed E-state index contributed by atoms with van der Waals surface area (Å²) in [5.41, 5.74) is 1.02. The summed E-state index contributed by atoms with van der Waals surface area (Å²) in [6.07, 6.45) is 0.762. The average Bonchev–Trinajstić information content (AvgIpc) is 2.85. The Hall–Kier alpha value is -1.88. The summed E-state index contributed by atoms with van der Waals surface area (Å²) in [6.45, 7) is 0.423. The smallest absolute Gasteiger partial charge is 0.226 e. The second-order valence-electron chi connectivity index (χ2n) is 3.32. The molecule has 17 heavy (non-hydrogen) atoms. The number of methoxy groups -OCH3 is 1. The van der Waals surface area contributed by atoms with Crippen molar-refractivity contribution in [3.63, 3.8) is 0 Å². The van der Waals surface area contributed by atoms with Crippen LogP contribution in [0.2, 0.25) is 0 Å². The van der Waals surface area contributed by atoms with E-state index in [9.17, 15) is 4.79 Å². The van der Waals surface area contributed by atoms with E-state index in [1.807, 2.05) is 24.3 Å². The Morgan fingerprint density at radius 2 is 2.12 bits per heavy atom. The number of rotatable bonds is 5. The lowest BCUT2D eigenvalue weighted by molar-refractivity contribution is 0.112. The molecule has 1 aromatic heterocycles. The Kier molecular flexibility index (Phi) is 3.72. The molecule has 0 saturated carbocycles. The second-order valence-corrected chi connectivity index (χ2v) is 4.16. The minimum absolute atomic E-state index is 0.423. The van der Waals surface area contributed by atoms with Gasteiger partial charge in [0, 0.05) is 6.07 Å². The van der Waals surface area contributed by atoms with Crippen molar-refractivity contribution in [3.05, 3.63) is 40.8 Å². The van der Waals surface area contributed by atoms with Gasteiger partial charge in [-0.15, -0.1) is 0 Å². The van der Waals surface area contributed by atoms with Crippen molar-refractivity contribution in [2.45, 2.75) is 6.61 Å². The SMILES string of the molecule is COc1ccc(COc2cc(C=O)sn2)cc1. The van der Waals surface area contributed by atoms with Crippen molar-refractivity contribution in [2.75, 3.05) is 7.11 Å². The molecule has 1 heterocycles. The molecule has 0 spiro atoms. The highest BCUT2D eigenvalue weighted by Gasteiger charge is 2.02. The standard InChI is InChI=1S/C12H11NO3S/c1-15-10-4-2-9(3-5-10)8-16-12-6-11(7-14)17-13-12/h2-7H,8H2,1H3. The second kappa shape index (κ2) is 5.45. The first kappa shape index (κ1) is 11.6. The zero-order valence-corrected chi connectivity index (χ0v) is 10.1. The fourth-order valence-corrected chi connectivity index (χ4v) is 1.77. The van der Waals surface area contributed by atoms with Gasteiger partial charge in [-0.1, -0.05) is 12.1 Å². The van der Waals surface area contributed by atoms with Crippen molar-refractivity contribution >= 4 is 17.8 Å². The van der Waals surface area contributed by atoms with Crippen LogP contribution < -0.4 is 9.47 Å². The molecule has 1 aromatic carbocycles. The quantitative estimate of drug-likeness (QED) is 0.764. The Morgan fingerprint density at radius 3 is 2.71 bits per heavy atom. The van der Waals surface area contributed by atoms with Gasteiger partial charge in [0.15, 0.2) is 6.29 Å². The maximum Gasteiger partial charge on any atom is 0.226 e. The van der Waals surface area contributed by atoms with Crippen LogP contribution in [-0.2, 0) is 6.61 Å². The summed E-state index contributed by atoms with van der Waals surface area (Å²) in [4.78, 5) is 11.0. The van der Waals surface area contributed by atoms with Gasteiger partial charge in [0.1, 0.15) is 12.4 Å². The number of aldehydes is 1. The fraction of sp³-hybridized carbons (Fsp3) is 0.167. The third kappa shape index (κ3) is 3.04. The van der Waals surface area contributed by atoms with E-state index in [0.29, 0.717) is 17.4 Å². The van der Waals surface area contributed by atoms with Crippen molar-refractivity contribution in [3.8, 4) is 11.6 Å². The van der Waals surface area contributed by atoms with Crippen LogP contribution in [0.5, 0.6) is 11.6 Å². The first-order valence-electron chi connectivity index (χ1n) is 4.99. The van der Waals surface area contributed by atoms with Gasteiger partial charge >= 0.3 is 0 Å². The van der Waals surface area contributed by atoms with E-state index in [1.54, 1.807) is 13.2 Å². The van der Waals surface area contributed by atoms with Crippen LogP contribution in [0.3, 0.4) is 0 Å². The number of carbonyl (C=O) groups is 1. The first-order valence-corrected chi connectivity index (χ1v) is 5.77. The largest absolute Gasteiger partial charge is 0.497 e. The molecule has 0 saturated heterocycles. The third-order valence-electron chi connectivity index (χ3n) is 2.17. The molecule has 0 aliphatic heterocycles. The van der Waals surface area contributed by atoms with E-state index in [4.69, 9.17) is 9.47 Å². The normalized spacial score (nSPS) is 9.94. The number of nitrogens with zero attached hydrogens (tertiary/aromatic N) is 1. The summed E-state index contributed by atoms with van der Waals surface area (Å²) in [5, 5.41) is 0. The van der Waals surface area contributed by atoms with Gasteiger partial charge in [-0.3, -0.25) is 4.79 Å². The van der Waals surface area contributed by atoms with Gasteiger partial charge in [0.2, 0.25) is 5.88 Å². The lowest BCUT2D eigenvalue weighted by Gasteiger charge is -2.04. The van der Waals surface area contributed by atoms with Gasteiger partial charge in [-0.25, -0.2) is 0 Å². The Labute approximate surface area is 103 Å². The third-order valence-corrected chi connectivity index (χ3v) is 2.86. The monoisotopic (exact) mass is 249 g/mol. The van der Waals surface area contributed by atoms with Crippen molar-refractivity contribution in [1.82, 2.24) is 4.37 Å². The highest BCUT2D eigenvalue weighted by Crippen LogP contribution is 2.17. The summed E-state index contributed by atoms with van der Waals surface area (Å²) < 4.78 is 14.5. The van der Waals surface area contributed by atoms with Crippen molar-refractivity contribution in [2.24, 2.45) is 0 Å². The minimum Gasteiger partial charge on any atom is -0.497 e. The zero-order valence-electron chi connectivity index (χ0n) is 9.25. The fourth-order valence-electron chi connectivity index (χ4n) is 1.27. The van der Waals surface area contributed by atoms with Gasteiger partial charge < -0.3 is 9.47 Å². The molecule has 2 aromatic rings. The first-order chi connectivity index (χ1) is 8.31. The topological polar surface area (TPSA) is 48.4 Å². The molecular weight excluding hydrogens is 238 g/mol.